The average molecular weight is 385 g/mol. The van der Waals surface area contributed by atoms with Crippen LogP contribution in [0.15, 0.2) is 41.8 Å². The summed E-state index contributed by atoms with van der Waals surface area (Å²) in [6.45, 7) is 3.08. The molecule has 1 aromatic heterocycles. The molecule has 0 radical (unpaired) electrons. The molecule has 1 amide bonds. The predicted octanol–water partition coefficient (Wildman–Crippen LogP) is 3.43. The van der Waals surface area contributed by atoms with Gasteiger partial charge in [-0.1, -0.05) is 47.0 Å². The quantitative estimate of drug-likeness (QED) is 0.713. The second-order valence-electron chi connectivity index (χ2n) is 6.64. The number of benzene rings is 1. The van der Waals surface area contributed by atoms with Gasteiger partial charge in [0, 0.05) is 18.5 Å². The van der Waals surface area contributed by atoms with Crippen molar-refractivity contribution in [2.45, 2.75) is 26.2 Å². The molecule has 2 heterocycles. The Kier molecular flexibility index (Phi) is 6.34. The summed E-state index contributed by atoms with van der Waals surface area (Å²) in [5, 5.41) is 5.51. The largest absolute Gasteiger partial charge is 0.466 e. The number of allylic oxidation sites excluding steroid dienone is 1. The maximum absolute atomic E-state index is 12.8. The standard InChI is InChI=1S/C20H23N3O3S/c1-2-26-19(25)20(11-6-10-16-8-4-3-5-9-16)12-7-13-23(15-20)18(24)17-14-27-22-21-17/h3-6,8-10,14H,2,7,11-13,15H2,1H3. The van der Waals surface area contributed by atoms with E-state index in [1.807, 2.05) is 42.5 Å². The Morgan fingerprint density at radius 1 is 1.33 bits per heavy atom. The fourth-order valence-corrected chi connectivity index (χ4v) is 3.84. The van der Waals surface area contributed by atoms with Crippen molar-refractivity contribution >= 4 is 29.5 Å². The fourth-order valence-electron chi connectivity index (χ4n) is 3.41. The summed E-state index contributed by atoms with van der Waals surface area (Å²) in [5.74, 6) is -0.416. The number of nitrogens with zero attached hydrogens (tertiary/aromatic N) is 3. The van der Waals surface area contributed by atoms with Gasteiger partial charge in [0.05, 0.1) is 12.0 Å². The molecule has 0 N–H and O–H groups in total. The van der Waals surface area contributed by atoms with Crippen LogP contribution in [-0.2, 0) is 9.53 Å². The van der Waals surface area contributed by atoms with Crippen LogP contribution in [-0.4, -0.2) is 46.1 Å². The van der Waals surface area contributed by atoms with Crippen LogP contribution in [0, 0.1) is 5.41 Å². The average Bonchev–Trinajstić information content (AvgIpc) is 3.23. The molecule has 7 heteroatoms. The van der Waals surface area contributed by atoms with Crippen molar-refractivity contribution in [2.75, 3.05) is 19.7 Å². The van der Waals surface area contributed by atoms with Gasteiger partial charge < -0.3 is 9.64 Å². The van der Waals surface area contributed by atoms with Crippen molar-refractivity contribution < 1.29 is 14.3 Å². The predicted molar refractivity (Wildman–Crippen MR) is 104 cm³/mol. The van der Waals surface area contributed by atoms with Crippen molar-refractivity contribution in [3.8, 4) is 0 Å². The van der Waals surface area contributed by atoms with Gasteiger partial charge in [-0.25, -0.2) is 0 Å². The van der Waals surface area contributed by atoms with Crippen LogP contribution in [0.3, 0.4) is 0 Å². The second kappa shape index (κ2) is 8.90. The Morgan fingerprint density at radius 2 is 2.15 bits per heavy atom. The number of carbonyl (C=O) groups excluding carboxylic acids is 2. The Bertz CT molecular complexity index is 792. The van der Waals surface area contributed by atoms with E-state index in [1.165, 1.54) is 0 Å². The molecule has 0 bridgehead atoms. The van der Waals surface area contributed by atoms with E-state index in [9.17, 15) is 9.59 Å². The minimum atomic E-state index is -0.724. The maximum atomic E-state index is 12.8. The van der Waals surface area contributed by atoms with Crippen LogP contribution in [0.2, 0.25) is 0 Å². The van der Waals surface area contributed by atoms with Crippen LogP contribution in [0.5, 0.6) is 0 Å². The van der Waals surface area contributed by atoms with E-state index in [4.69, 9.17) is 4.74 Å². The lowest BCUT2D eigenvalue weighted by Gasteiger charge is -2.40. The molecule has 6 nitrogen and oxygen atoms in total. The number of rotatable bonds is 6. The summed E-state index contributed by atoms with van der Waals surface area (Å²) in [7, 11) is 0. The highest BCUT2D eigenvalue weighted by molar-refractivity contribution is 7.03. The SMILES string of the molecule is CCOC(=O)C1(CC=Cc2ccccc2)CCCN(C(=O)c2csnn2)C1. The van der Waals surface area contributed by atoms with Gasteiger partial charge in [-0.3, -0.25) is 9.59 Å². The third-order valence-electron chi connectivity index (χ3n) is 4.77. The zero-order chi connectivity index (χ0) is 19.1. The number of aromatic nitrogens is 2. The first-order valence-corrected chi connectivity index (χ1v) is 9.93. The lowest BCUT2D eigenvalue weighted by atomic mass is 9.76. The molecule has 2 aromatic rings. The van der Waals surface area contributed by atoms with Crippen LogP contribution in [0.1, 0.15) is 42.2 Å². The summed E-state index contributed by atoms with van der Waals surface area (Å²) in [5.41, 5.74) is 0.687. The van der Waals surface area contributed by atoms with Crippen LogP contribution in [0.4, 0.5) is 0 Å². The van der Waals surface area contributed by atoms with Crippen LogP contribution < -0.4 is 0 Å². The van der Waals surface area contributed by atoms with Gasteiger partial charge >= 0.3 is 5.97 Å². The lowest BCUT2D eigenvalue weighted by Crippen LogP contribution is -2.50. The van der Waals surface area contributed by atoms with Crippen molar-refractivity contribution in [1.82, 2.24) is 14.5 Å². The van der Waals surface area contributed by atoms with Gasteiger partial charge in [0.25, 0.3) is 5.91 Å². The number of ether oxygens (including phenoxy) is 1. The van der Waals surface area contributed by atoms with E-state index in [2.05, 4.69) is 9.59 Å². The van der Waals surface area contributed by atoms with Gasteiger partial charge in [0.15, 0.2) is 5.69 Å². The number of piperidine rings is 1. The molecular weight excluding hydrogens is 362 g/mol. The van der Waals surface area contributed by atoms with Crippen molar-refractivity contribution in [3.05, 3.63) is 53.0 Å². The second-order valence-corrected chi connectivity index (χ2v) is 7.25. The summed E-state index contributed by atoms with van der Waals surface area (Å²) >= 11 is 1.15. The number of hydrogen-bond donors (Lipinski definition) is 0. The summed E-state index contributed by atoms with van der Waals surface area (Å²) < 4.78 is 9.13. The first kappa shape index (κ1) is 19.2. The highest BCUT2D eigenvalue weighted by Crippen LogP contribution is 2.36. The molecule has 3 rings (SSSR count). The molecule has 1 aliphatic heterocycles. The molecule has 1 atom stereocenters. The summed E-state index contributed by atoms with van der Waals surface area (Å²) in [4.78, 5) is 27.2. The van der Waals surface area contributed by atoms with Crippen molar-refractivity contribution in [2.24, 2.45) is 5.41 Å². The number of hydrogen-bond acceptors (Lipinski definition) is 6. The van der Waals surface area contributed by atoms with E-state index in [0.29, 0.717) is 38.2 Å². The monoisotopic (exact) mass is 385 g/mol. The van der Waals surface area contributed by atoms with Gasteiger partial charge in [0.2, 0.25) is 0 Å². The Morgan fingerprint density at radius 3 is 2.85 bits per heavy atom. The van der Waals surface area contributed by atoms with E-state index in [-0.39, 0.29) is 11.9 Å². The van der Waals surface area contributed by atoms with Gasteiger partial charge in [-0.2, -0.15) is 0 Å². The van der Waals surface area contributed by atoms with Gasteiger partial charge in [-0.15, -0.1) is 5.10 Å². The minimum absolute atomic E-state index is 0.177. The van der Waals surface area contributed by atoms with Crippen molar-refractivity contribution in [3.63, 3.8) is 0 Å². The lowest BCUT2D eigenvalue weighted by molar-refractivity contribution is -0.158. The number of carbonyl (C=O) groups is 2. The van der Waals surface area contributed by atoms with Crippen LogP contribution in [0.25, 0.3) is 6.08 Å². The normalized spacial score (nSPS) is 20.0. The highest BCUT2D eigenvalue weighted by Gasteiger charge is 2.44. The Labute approximate surface area is 163 Å². The third-order valence-corrected chi connectivity index (χ3v) is 5.27. The molecule has 27 heavy (non-hydrogen) atoms. The highest BCUT2D eigenvalue weighted by atomic mass is 32.1. The molecule has 1 unspecified atom stereocenters. The molecule has 1 aliphatic rings. The third kappa shape index (κ3) is 4.60. The van der Waals surface area contributed by atoms with Gasteiger partial charge in [0.1, 0.15) is 0 Å². The molecule has 1 saturated heterocycles. The molecule has 0 saturated carbocycles. The minimum Gasteiger partial charge on any atom is -0.466 e. The first-order valence-electron chi connectivity index (χ1n) is 9.10. The van der Waals surface area contributed by atoms with Gasteiger partial charge in [-0.05, 0) is 43.3 Å². The fraction of sp³-hybridized carbons (Fsp3) is 0.400. The van der Waals surface area contributed by atoms with E-state index >= 15 is 0 Å². The number of likely N-dealkylation sites (tertiary alicyclic amines) is 1. The molecule has 0 aliphatic carbocycles. The Balaban J connectivity index is 1.78. The number of amides is 1. The smallest absolute Gasteiger partial charge is 0.314 e. The summed E-state index contributed by atoms with van der Waals surface area (Å²) in [6.07, 6.45) is 5.99. The molecule has 142 valence electrons. The Hall–Kier alpha value is -2.54. The first-order chi connectivity index (χ1) is 13.1. The number of esters is 1. The molecule has 1 fully saturated rings. The summed E-state index contributed by atoms with van der Waals surface area (Å²) in [6, 6.07) is 9.95. The van der Waals surface area contributed by atoms with Crippen molar-refractivity contribution in [1.29, 1.82) is 0 Å². The van der Waals surface area contributed by atoms with E-state index in [0.717, 1.165) is 23.5 Å². The topological polar surface area (TPSA) is 72.4 Å². The molecular formula is C20H23N3O3S. The molecule has 1 aromatic carbocycles. The zero-order valence-corrected chi connectivity index (χ0v) is 16.2. The van der Waals surface area contributed by atoms with E-state index in [1.54, 1.807) is 17.2 Å². The zero-order valence-electron chi connectivity index (χ0n) is 15.3. The van der Waals surface area contributed by atoms with Crippen LogP contribution >= 0.6 is 11.5 Å². The molecule has 0 spiro atoms. The maximum Gasteiger partial charge on any atom is 0.314 e. The van der Waals surface area contributed by atoms with E-state index < -0.39 is 5.41 Å².